The third-order valence-electron chi connectivity index (χ3n) is 1.84. The number of hydrogen-bond donors (Lipinski definition) is 1. The molecule has 0 aromatic carbocycles. The van der Waals surface area contributed by atoms with Gasteiger partial charge < -0.3 is 5.11 Å². The Morgan fingerprint density at radius 1 is 1.62 bits per heavy atom. The van der Waals surface area contributed by atoms with Crippen LogP contribution in [0.25, 0.3) is 0 Å². The third-order valence-corrected chi connectivity index (χ3v) is 3.30. The second-order valence-electron chi connectivity index (χ2n) is 2.97. The van der Waals surface area contributed by atoms with Gasteiger partial charge in [0.15, 0.2) is 0 Å². The average Bonchev–Trinajstić information content (AvgIpc) is 2.16. The summed E-state index contributed by atoms with van der Waals surface area (Å²) in [6.07, 6.45) is -3.20. The number of nitrogens with zero attached hydrogens (tertiary/aromatic N) is 1. The van der Waals surface area contributed by atoms with Gasteiger partial charge in [0.2, 0.25) is 0 Å². The second kappa shape index (κ2) is 5.85. The van der Waals surface area contributed by atoms with Gasteiger partial charge in [-0.15, -0.1) is 0 Å². The van der Waals surface area contributed by atoms with Crippen LogP contribution in [0.2, 0.25) is 0 Å². The molecule has 0 saturated carbocycles. The number of aromatic nitrogens is 1. The zero-order chi connectivity index (χ0) is 12.3. The Kier molecular flexibility index (Phi) is 5.03. The van der Waals surface area contributed by atoms with Crippen molar-refractivity contribution in [2.45, 2.75) is 18.2 Å². The first-order valence-corrected chi connectivity index (χ1v) is 6.39. The summed E-state index contributed by atoms with van der Waals surface area (Å²) >= 11 is 5.08. The highest BCUT2D eigenvalue weighted by molar-refractivity contribution is 14.1. The molecular formula is C9H7BrF2INO2. The summed E-state index contributed by atoms with van der Waals surface area (Å²) in [4.78, 5) is 14.3. The molecule has 1 aromatic heterocycles. The molecule has 7 heteroatoms. The minimum absolute atomic E-state index is 0.0663. The van der Waals surface area contributed by atoms with Gasteiger partial charge in [-0.1, -0.05) is 15.9 Å². The van der Waals surface area contributed by atoms with Crippen LogP contribution in [0.1, 0.15) is 23.4 Å². The predicted molar refractivity (Wildman–Crippen MR) is 65.9 cm³/mol. The molecular weight excluding hydrogens is 399 g/mol. The molecule has 0 aliphatic rings. The average molecular weight is 406 g/mol. The Morgan fingerprint density at radius 3 is 2.69 bits per heavy atom. The smallest absolute Gasteiger partial charge is 0.307 e. The molecule has 0 amide bonds. The molecule has 1 rings (SSSR count). The number of rotatable bonds is 4. The number of halogens is 4. The van der Waals surface area contributed by atoms with E-state index in [-0.39, 0.29) is 5.56 Å². The Morgan fingerprint density at radius 2 is 2.25 bits per heavy atom. The molecule has 88 valence electrons. The highest BCUT2D eigenvalue weighted by Gasteiger charge is 2.19. The normalized spacial score (nSPS) is 10.8. The van der Waals surface area contributed by atoms with Crippen molar-refractivity contribution in [3.8, 4) is 0 Å². The molecule has 0 unspecified atom stereocenters. The number of aliphatic carboxylic acids is 1. The fourth-order valence-electron chi connectivity index (χ4n) is 1.17. The van der Waals surface area contributed by atoms with Crippen molar-refractivity contribution in [3.63, 3.8) is 0 Å². The third kappa shape index (κ3) is 3.34. The summed E-state index contributed by atoms with van der Waals surface area (Å²) in [6, 6.07) is 1.44. The largest absolute Gasteiger partial charge is 0.481 e. The summed E-state index contributed by atoms with van der Waals surface area (Å²) in [5.74, 6) is -1.15. The second-order valence-corrected chi connectivity index (χ2v) is 4.69. The molecule has 0 aliphatic carbocycles. The fourth-order valence-corrected chi connectivity index (χ4v) is 2.81. The van der Waals surface area contributed by atoms with Crippen LogP contribution in [-0.2, 0) is 16.5 Å². The van der Waals surface area contributed by atoms with Crippen LogP contribution in [0.3, 0.4) is 0 Å². The van der Waals surface area contributed by atoms with Gasteiger partial charge in [-0.3, -0.25) is 4.79 Å². The molecule has 0 atom stereocenters. The van der Waals surface area contributed by atoms with Crippen molar-refractivity contribution in [3.05, 3.63) is 26.6 Å². The Labute approximate surface area is 113 Å². The van der Waals surface area contributed by atoms with E-state index in [4.69, 9.17) is 5.11 Å². The summed E-state index contributed by atoms with van der Waals surface area (Å²) in [5, 5.41) is 8.97. The van der Waals surface area contributed by atoms with E-state index in [1.54, 1.807) is 0 Å². The van der Waals surface area contributed by atoms with E-state index in [2.05, 4.69) is 20.9 Å². The highest BCUT2D eigenvalue weighted by atomic mass is 127. The van der Waals surface area contributed by atoms with Crippen LogP contribution in [0, 0.1) is 3.57 Å². The molecule has 1 aromatic rings. The summed E-state index contributed by atoms with van der Waals surface area (Å²) in [6.45, 7) is 0. The number of alkyl halides is 3. The van der Waals surface area contributed by atoms with Crippen LogP contribution in [0.4, 0.5) is 8.78 Å². The molecule has 1 heterocycles. The molecule has 0 saturated heterocycles. The SMILES string of the molecule is O=C(O)Cc1cc(I)c(CBr)nc1C(F)F. The topological polar surface area (TPSA) is 50.2 Å². The highest BCUT2D eigenvalue weighted by Crippen LogP contribution is 2.25. The van der Waals surface area contributed by atoms with Gasteiger partial charge in [-0.05, 0) is 34.2 Å². The Bertz CT molecular complexity index is 415. The van der Waals surface area contributed by atoms with Gasteiger partial charge >= 0.3 is 5.97 Å². The van der Waals surface area contributed by atoms with E-state index in [1.807, 2.05) is 22.6 Å². The molecule has 3 nitrogen and oxygen atoms in total. The molecule has 0 spiro atoms. The van der Waals surface area contributed by atoms with Crippen molar-refractivity contribution >= 4 is 44.5 Å². The van der Waals surface area contributed by atoms with Gasteiger partial charge in [0.25, 0.3) is 6.43 Å². The minimum Gasteiger partial charge on any atom is -0.481 e. The van der Waals surface area contributed by atoms with E-state index >= 15 is 0 Å². The van der Waals surface area contributed by atoms with E-state index in [0.717, 1.165) is 0 Å². The van der Waals surface area contributed by atoms with Crippen molar-refractivity contribution < 1.29 is 18.7 Å². The van der Waals surface area contributed by atoms with Gasteiger partial charge in [-0.2, -0.15) is 0 Å². The van der Waals surface area contributed by atoms with E-state index < -0.39 is 24.5 Å². The van der Waals surface area contributed by atoms with Crippen molar-refractivity contribution in [2.24, 2.45) is 0 Å². The van der Waals surface area contributed by atoms with Crippen molar-refractivity contribution in [1.29, 1.82) is 0 Å². The van der Waals surface area contributed by atoms with Crippen LogP contribution in [0.5, 0.6) is 0 Å². The minimum atomic E-state index is -2.76. The molecule has 0 aliphatic heterocycles. The van der Waals surface area contributed by atoms with Crippen molar-refractivity contribution in [1.82, 2.24) is 4.98 Å². The van der Waals surface area contributed by atoms with Gasteiger partial charge in [-0.25, -0.2) is 13.8 Å². The molecule has 0 fully saturated rings. The quantitative estimate of drug-likeness (QED) is 0.618. The van der Waals surface area contributed by atoms with E-state index in [1.165, 1.54) is 6.07 Å². The first-order chi connectivity index (χ1) is 7.45. The van der Waals surface area contributed by atoms with E-state index in [0.29, 0.717) is 14.6 Å². The van der Waals surface area contributed by atoms with Gasteiger partial charge in [0.1, 0.15) is 5.69 Å². The number of carbonyl (C=O) groups is 1. The summed E-state index contributed by atoms with van der Waals surface area (Å²) in [5.41, 5.74) is 0.110. The maximum absolute atomic E-state index is 12.7. The lowest BCUT2D eigenvalue weighted by atomic mass is 10.1. The fraction of sp³-hybridized carbons (Fsp3) is 0.333. The zero-order valence-electron chi connectivity index (χ0n) is 7.88. The summed E-state index contributed by atoms with van der Waals surface area (Å²) < 4.78 is 26.0. The number of pyridine rings is 1. The number of carboxylic acids is 1. The predicted octanol–water partition coefficient (Wildman–Crippen LogP) is 3.15. The van der Waals surface area contributed by atoms with Crippen LogP contribution in [0.15, 0.2) is 6.07 Å². The zero-order valence-corrected chi connectivity index (χ0v) is 11.6. The maximum atomic E-state index is 12.7. The van der Waals surface area contributed by atoms with Gasteiger partial charge in [0.05, 0.1) is 12.1 Å². The lowest BCUT2D eigenvalue weighted by Gasteiger charge is -2.09. The van der Waals surface area contributed by atoms with E-state index in [9.17, 15) is 13.6 Å². The first kappa shape index (κ1) is 13.8. The monoisotopic (exact) mass is 405 g/mol. The maximum Gasteiger partial charge on any atom is 0.307 e. The molecule has 0 bridgehead atoms. The van der Waals surface area contributed by atoms with Crippen LogP contribution in [-0.4, -0.2) is 16.1 Å². The molecule has 0 radical (unpaired) electrons. The Balaban J connectivity index is 3.24. The Hall–Kier alpha value is -0.310. The van der Waals surface area contributed by atoms with Crippen LogP contribution < -0.4 is 0 Å². The number of carboxylic acid groups (broad SMARTS) is 1. The standard InChI is InChI=1S/C9H7BrF2INO2/c10-3-6-5(13)1-4(2-7(15)16)8(14-6)9(11)12/h1,9H,2-3H2,(H,15,16). The molecule has 16 heavy (non-hydrogen) atoms. The molecule has 1 N–H and O–H groups in total. The van der Waals surface area contributed by atoms with Gasteiger partial charge in [0, 0.05) is 8.90 Å². The summed E-state index contributed by atoms with van der Waals surface area (Å²) in [7, 11) is 0. The lowest BCUT2D eigenvalue weighted by molar-refractivity contribution is -0.136. The lowest BCUT2D eigenvalue weighted by Crippen LogP contribution is -2.08. The number of hydrogen-bond acceptors (Lipinski definition) is 2. The van der Waals surface area contributed by atoms with Crippen LogP contribution >= 0.6 is 38.5 Å². The first-order valence-electron chi connectivity index (χ1n) is 4.19. The van der Waals surface area contributed by atoms with Crippen molar-refractivity contribution in [2.75, 3.05) is 0 Å².